The third-order valence-electron chi connectivity index (χ3n) is 9.10. The van der Waals surface area contributed by atoms with Crippen LogP contribution in [0, 0.1) is 11.8 Å². The maximum Gasteiger partial charge on any atom is 0.223 e. The minimum absolute atomic E-state index is 0.0234. The summed E-state index contributed by atoms with van der Waals surface area (Å²) in [5.74, 6) is 6.87. The Morgan fingerprint density at radius 2 is 1.65 bits per heavy atom. The largest absolute Gasteiger partial charge is 0.495 e. The third kappa shape index (κ3) is 6.82. The molecule has 4 rings (SSSR count). The van der Waals surface area contributed by atoms with Crippen molar-refractivity contribution in [1.29, 1.82) is 0 Å². The molecular formula is C31H47N5O5Si2. The second-order valence-electron chi connectivity index (χ2n) is 14.2. The van der Waals surface area contributed by atoms with Gasteiger partial charge in [0.05, 0.1) is 25.6 Å². The standard InChI is InChI=1S/C31H47N5O5Si2/c1-30(2,3)42(8,9)39-18-23-26(41-43(10,11)31(4,5)6)25(37)28(40-23)36-19-33-24-21(34-29(32)35-27(24)36)17-16-20-14-12-13-15-22(20)38-7/h12-15,19,23,25-26,28,37H,18H2,1-11H3,(H2,32,34,35)/t23-,25-,26-,28-/m1/s1. The van der Waals surface area contributed by atoms with E-state index in [0.717, 1.165) is 0 Å². The fourth-order valence-electron chi connectivity index (χ4n) is 4.33. The Labute approximate surface area is 257 Å². The Balaban J connectivity index is 1.72. The summed E-state index contributed by atoms with van der Waals surface area (Å²) < 4.78 is 27.1. The number of aliphatic hydroxyl groups excluding tert-OH is 1. The Morgan fingerprint density at radius 3 is 2.28 bits per heavy atom. The van der Waals surface area contributed by atoms with Gasteiger partial charge in [-0.05, 0) is 54.3 Å². The quantitative estimate of drug-likeness (QED) is 0.259. The molecule has 10 nitrogen and oxygen atoms in total. The summed E-state index contributed by atoms with van der Waals surface area (Å²) in [6.45, 7) is 22.2. The van der Waals surface area contributed by atoms with E-state index in [-0.39, 0.29) is 16.0 Å². The van der Waals surface area contributed by atoms with Crippen LogP contribution in [0.15, 0.2) is 30.6 Å². The number of aromatic nitrogens is 4. The lowest BCUT2D eigenvalue weighted by molar-refractivity contribution is -0.0487. The molecule has 2 aromatic heterocycles. The molecule has 1 aliphatic heterocycles. The molecule has 0 aliphatic carbocycles. The number of nitrogens with two attached hydrogens (primary N) is 1. The van der Waals surface area contributed by atoms with E-state index in [1.165, 1.54) is 0 Å². The predicted molar refractivity (Wildman–Crippen MR) is 174 cm³/mol. The van der Waals surface area contributed by atoms with Crippen molar-refractivity contribution in [2.24, 2.45) is 0 Å². The number of benzene rings is 1. The van der Waals surface area contributed by atoms with E-state index in [1.807, 2.05) is 24.3 Å². The molecule has 3 aromatic rings. The van der Waals surface area contributed by atoms with E-state index in [1.54, 1.807) is 18.0 Å². The molecule has 4 atom stereocenters. The first-order valence-electron chi connectivity index (χ1n) is 14.7. The number of para-hydroxylation sites is 1. The van der Waals surface area contributed by atoms with Gasteiger partial charge in [0, 0.05) is 0 Å². The average Bonchev–Trinajstić information content (AvgIpc) is 3.45. The number of rotatable bonds is 7. The third-order valence-corrected chi connectivity index (χ3v) is 18.1. The van der Waals surface area contributed by atoms with Gasteiger partial charge in [-0.2, -0.15) is 4.98 Å². The summed E-state index contributed by atoms with van der Waals surface area (Å²) in [7, 11) is -2.78. The Hall–Kier alpha value is -2.80. The molecule has 43 heavy (non-hydrogen) atoms. The minimum Gasteiger partial charge on any atom is -0.495 e. The molecule has 0 amide bonds. The number of nitrogen functional groups attached to an aromatic ring is 1. The number of fused-ring (bicyclic) bond motifs is 1. The molecule has 3 N–H and O–H groups in total. The zero-order valence-electron chi connectivity index (χ0n) is 27.3. The summed E-state index contributed by atoms with van der Waals surface area (Å²) >= 11 is 0. The van der Waals surface area contributed by atoms with Gasteiger partial charge >= 0.3 is 0 Å². The van der Waals surface area contributed by atoms with E-state index in [9.17, 15) is 5.11 Å². The van der Waals surface area contributed by atoms with Gasteiger partial charge in [0.25, 0.3) is 0 Å². The monoisotopic (exact) mass is 625 g/mol. The van der Waals surface area contributed by atoms with Crippen LogP contribution in [0.3, 0.4) is 0 Å². The van der Waals surface area contributed by atoms with Gasteiger partial charge in [0.15, 0.2) is 28.5 Å². The minimum atomic E-state index is -2.29. The van der Waals surface area contributed by atoms with E-state index < -0.39 is 41.2 Å². The summed E-state index contributed by atoms with van der Waals surface area (Å²) in [5, 5.41) is 11.7. The van der Waals surface area contributed by atoms with Crippen LogP contribution in [-0.4, -0.2) is 73.3 Å². The summed E-state index contributed by atoms with van der Waals surface area (Å²) in [5.41, 5.74) is 8.08. The molecule has 1 aromatic carbocycles. The Kier molecular flexibility index (Phi) is 9.20. The first-order chi connectivity index (χ1) is 19.9. The highest BCUT2D eigenvalue weighted by Gasteiger charge is 2.51. The van der Waals surface area contributed by atoms with Gasteiger partial charge in [0.2, 0.25) is 5.95 Å². The molecule has 3 heterocycles. The van der Waals surface area contributed by atoms with Crippen molar-refractivity contribution >= 4 is 33.7 Å². The molecule has 0 saturated carbocycles. The highest BCUT2D eigenvalue weighted by atomic mass is 28.4. The molecule has 12 heteroatoms. The van der Waals surface area contributed by atoms with Crippen LogP contribution in [-0.2, 0) is 13.6 Å². The van der Waals surface area contributed by atoms with Crippen molar-refractivity contribution in [2.75, 3.05) is 19.5 Å². The molecule has 1 saturated heterocycles. The number of anilines is 1. The first kappa shape index (κ1) is 33.1. The second kappa shape index (κ2) is 11.9. The smallest absolute Gasteiger partial charge is 0.223 e. The van der Waals surface area contributed by atoms with Crippen LogP contribution in [0.2, 0.25) is 36.3 Å². The zero-order chi connectivity index (χ0) is 32.0. The molecule has 0 spiro atoms. The molecule has 0 unspecified atom stereocenters. The van der Waals surface area contributed by atoms with Crippen molar-refractivity contribution in [3.63, 3.8) is 0 Å². The van der Waals surface area contributed by atoms with Crippen molar-refractivity contribution in [3.8, 4) is 17.6 Å². The lowest BCUT2D eigenvalue weighted by Gasteiger charge is -2.41. The van der Waals surface area contributed by atoms with Crippen molar-refractivity contribution < 1.29 is 23.4 Å². The van der Waals surface area contributed by atoms with Crippen LogP contribution >= 0.6 is 0 Å². The summed E-state index contributed by atoms with van der Waals surface area (Å²) in [6, 6.07) is 7.47. The lowest BCUT2D eigenvalue weighted by Crippen LogP contribution is -2.51. The molecule has 0 radical (unpaired) electrons. The van der Waals surface area contributed by atoms with Crippen LogP contribution < -0.4 is 10.5 Å². The number of ether oxygens (including phenoxy) is 2. The fourth-order valence-corrected chi connectivity index (χ4v) is 6.67. The highest BCUT2D eigenvalue weighted by molar-refractivity contribution is 6.74. The van der Waals surface area contributed by atoms with Crippen molar-refractivity contribution in [3.05, 3.63) is 41.9 Å². The highest BCUT2D eigenvalue weighted by Crippen LogP contribution is 2.43. The van der Waals surface area contributed by atoms with Crippen LogP contribution in [0.5, 0.6) is 5.75 Å². The van der Waals surface area contributed by atoms with Gasteiger partial charge in [-0.1, -0.05) is 59.6 Å². The van der Waals surface area contributed by atoms with E-state index >= 15 is 0 Å². The van der Waals surface area contributed by atoms with Crippen molar-refractivity contribution in [1.82, 2.24) is 19.5 Å². The van der Waals surface area contributed by atoms with Crippen molar-refractivity contribution in [2.45, 2.75) is 102 Å². The van der Waals surface area contributed by atoms with Crippen LogP contribution in [0.4, 0.5) is 5.95 Å². The van der Waals surface area contributed by atoms with E-state index in [0.29, 0.717) is 34.8 Å². The molecule has 234 valence electrons. The molecule has 1 fully saturated rings. The summed E-state index contributed by atoms with van der Waals surface area (Å²) in [4.78, 5) is 13.4. The predicted octanol–water partition coefficient (Wildman–Crippen LogP) is 5.49. The Morgan fingerprint density at radius 1 is 1.00 bits per heavy atom. The van der Waals surface area contributed by atoms with Gasteiger partial charge in [-0.15, -0.1) is 0 Å². The van der Waals surface area contributed by atoms with Crippen LogP contribution in [0.25, 0.3) is 11.2 Å². The number of methoxy groups -OCH3 is 1. The van der Waals surface area contributed by atoms with E-state index in [2.05, 4.69) is 94.5 Å². The molecular weight excluding hydrogens is 579 g/mol. The topological polar surface area (TPSA) is 127 Å². The van der Waals surface area contributed by atoms with Gasteiger partial charge in [0.1, 0.15) is 35.3 Å². The van der Waals surface area contributed by atoms with Gasteiger partial charge in [-0.25, -0.2) is 9.97 Å². The number of nitrogens with zero attached hydrogens (tertiary/aromatic N) is 4. The fraction of sp³-hybridized carbons (Fsp3) is 0.581. The maximum absolute atomic E-state index is 11.8. The molecule has 0 bridgehead atoms. The number of imidazole rings is 1. The number of aliphatic hydroxyl groups is 1. The average molecular weight is 626 g/mol. The van der Waals surface area contributed by atoms with E-state index in [4.69, 9.17) is 24.1 Å². The lowest BCUT2D eigenvalue weighted by atomic mass is 10.1. The SMILES string of the molecule is COc1ccccc1C#Cc1nc(N)nc2c1ncn2[C@@H]1O[C@H](CO[Si](C)(C)C(C)(C)C)[C@@H](O[Si](C)(C)C(C)(C)C)[C@H]1O. The number of hydrogen-bond donors (Lipinski definition) is 2. The van der Waals surface area contributed by atoms with Gasteiger partial charge in [-0.3, -0.25) is 4.57 Å². The Bertz CT molecular complexity index is 1520. The zero-order valence-corrected chi connectivity index (χ0v) is 29.3. The number of hydrogen-bond acceptors (Lipinski definition) is 9. The molecule has 1 aliphatic rings. The maximum atomic E-state index is 11.8. The van der Waals surface area contributed by atoms with Crippen LogP contribution in [0.1, 0.15) is 59.0 Å². The first-order valence-corrected chi connectivity index (χ1v) is 20.5. The van der Waals surface area contributed by atoms with Gasteiger partial charge < -0.3 is 29.2 Å². The second-order valence-corrected chi connectivity index (χ2v) is 23.7. The normalized spacial score (nSPS) is 21.6. The summed E-state index contributed by atoms with van der Waals surface area (Å²) in [6.07, 6.45) is -1.33.